The lowest BCUT2D eigenvalue weighted by Gasteiger charge is -2.46. The molecule has 1 aliphatic heterocycles. The molecule has 0 spiro atoms. The van der Waals surface area contributed by atoms with Crippen LogP contribution in [-0.2, 0) is 14.3 Å². The van der Waals surface area contributed by atoms with Gasteiger partial charge in [-0.15, -0.1) is 0 Å². The third-order valence-electron chi connectivity index (χ3n) is 4.25. The minimum Gasteiger partial charge on any atom is -0.382 e. The summed E-state index contributed by atoms with van der Waals surface area (Å²) >= 11 is 0. The largest absolute Gasteiger partial charge is 0.382 e. The number of carbonyl (C=O) groups excluding carboxylic acids is 2. The first-order valence-electron chi connectivity index (χ1n) is 7.22. The van der Waals surface area contributed by atoms with E-state index in [-0.39, 0.29) is 11.8 Å². The highest BCUT2D eigenvalue weighted by Crippen LogP contribution is 2.44. The molecule has 1 aliphatic carbocycles. The number of hydrogen-bond donors (Lipinski definition) is 1. The van der Waals surface area contributed by atoms with Crippen LogP contribution in [0.15, 0.2) is 0 Å². The molecule has 0 aromatic heterocycles. The second kappa shape index (κ2) is 5.49. The smallest absolute Gasteiger partial charge is 0.246 e. The normalized spacial score (nSPS) is 31.5. The van der Waals surface area contributed by atoms with Crippen molar-refractivity contribution in [3.05, 3.63) is 0 Å². The molecule has 19 heavy (non-hydrogen) atoms. The molecule has 2 rings (SSSR count). The minimum absolute atomic E-state index is 0.00138. The Bertz CT molecular complexity index is 368. The molecule has 0 aromatic carbocycles. The second-order valence-electron chi connectivity index (χ2n) is 5.66. The lowest BCUT2D eigenvalue weighted by atomic mass is 9.88. The number of hydrogen-bond acceptors (Lipinski definition) is 3. The highest BCUT2D eigenvalue weighted by atomic mass is 16.5. The van der Waals surface area contributed by atoms with Crippen molar-refractivity contribution < 1.29 is 14.3 Å². The highest BCUT2D eigenvalue weighted by molar-refractivity contribution is 5.99. The van der Waals surface area contributed by atoms with Crippen molar-refractivity contribution >= 4 is 11.8 Å². The Balaban J connectivity index is 2.08. The van der Waals surface area contributed by atoms with Crippen LogP contribution in [0.2, 0.25) is 0 Å². The Hall–Kier alpha value is -1.10. The maximum absolute atomic E-state index is 12.4. The van der Waals surface area contributed by atoms with Crippen LogP contribution in [0.3, 0.4) is 0 Å². The number of nitrogens with zero attached hydrogens (tertiary/aromatic N) is 1. The van der Waals surface area contributed by atoms with Gasteiger partial charge >= 0.3 is 0 Å². The Morgan fingerprint density at radius 3 is 2.68 bits per heavy atom. The molecule has 1 saturated heterocycles. The molecule has 2 unspecified atom stereocenters. The zero-order chi connectivity index (χ0) is 14.0. The minimum atomic E-state index is -0.657. The van der Waals surface area contributed by atoms with Gasteiger partial charge in [-0.3, -0.25) is 9.59 Å². The Labute approximate surface area is 114 Å². The monoisotopic (exact) mass is 268 g/mol. The Kier molecular flexibility index (Phi) is 4.13. The SMILES string of the molecule is CCOCCCN1C(=O)C(C)NC(=O)C1(C)C1CC1. The first kappa shape index (κ1) is 14.3. The first-order chi connectivity index (χ1) is 9.01. The Morgan fingerprint density at radius 2 is 2.11 bits per heavy atom. The molecule has 1 N–H and O–H groups in total. The maximum atomic E-state index is 12.4. The fraction of sp³-hybridized carbons (Fsp3) is 0.857. The van der Waals surface area contributed by atoms with E-state index in [1.54, 1.807) is 11.8 Å². The molecule has 1 saturated carbocycles. The van der Waals surface area contributed by atoms with E-state index in [1.165, 1.54) is 0 Å². The Morgan fingerprint density at radius 1 is 1.42 bits per heavy atom. The number of carbonyl (C=O) groups is 2. The molecule has 2 aliphatic rings. The third-order valence-corrected chi connectivity index (χ3v) is 4.25. The zero-order valence-corrected chi connectivity index (χ0v) is 12.1. The molecule has 0 bridgehead atoms. The summed E-state index contributed by atoms with van der Waals surface area (Å²) in [6.45, 7) is 7.54. The van der Waals surface area contributed by atoms with Crippen LogP contribution < -0.4 is 5.32 Å². The number of amides is 2. The molecular weight excluding hydrogens is 244 g/mol. The summed E-state index contributed by atoms with van der Waals surface area (Å²) in [5, 5.41) is 2.81. The summed E-state index contributed by atoms with van der Waals surface area (Å²) in [5.41, 5.74) is -0.657. The summed E-state index contributed by atoms with van der Waals surface area (Å²) in [7, 11) is 0. The van der Waals surface area contributed by atoms with Crippen LogP contribution in [0.5, 0.6) is 0 Å². The molecule has 0 aromatic rings. The summed E-state index contributed by atoms with van der Waals surface area (Å²) in [5.74, 6) is 0.347. The van der Waals surface area contributed by atoms with Crippen LogP contribution in [-0.4, -0.2) is 48.1 Å². The maximum Gasteiger partial charge on any atom is 0.246 e. The average Bonchev–Trinajstić information content (AvgIpc) is 3.20. The molecule has 1 heterocycles. The van der Waals surface area contributed by atoms with Crippen LogP contribution in [0, 0.1) is 5.92 Å². The van der Waals surface area contributed by atoms with Crippen molar-refractivity contribution in [3.63, 3.8) is 0 Å². The van der Waals surface area contributed by atoms with E-state index in [2.05, 4.69) is 5.32 Å². The average molecular weight is 268 g/mol. The van der Waals surface area contributed by atoms with E-state index >= 15 is 0 Å². The number of ether oxygens (including phenoxy) is 1. The van der Waals surface area contributed by atoms with E-state index in [0.717, 1.165) is 19.3 Å². The van der Waals surface area contributed by atoms with Gasteiger partial charge in [0, 0.05) is 19.8 Å². The highest BCUT2D eigenvalue weighted by Gasteiger charge is 2.56. The van der Waals surface area contributed by atoms with Gasteiger partial charge < -0.3 is 15.0 Å². The molecule has 5 heteroatoms. The van der Waals surface area contributed by atoms with Gasteiger partial charge in [0.15, 0.2) is 0 Å². The molecule has 5 nitrogen and oxygen atoms in total. The van der Waals surface area contributed by atoms with E-state index < -0.39 is 11.6 Å². The summed E-state index contributed by atoms with van der Waals surface area (Å²) in [6, 6.07) is -0.411. The van der Waals surface area contributed by atoms with Gasteiger partial charge in [0.1, 0.15) is 11.6 Å². The first-order valence-corrected chi connectivity index (χ1v) is 7.22. The standard InChI is InChI=1S/C14H24N2O3/c1-4-19-9-5-8-16-12(17)10(2)15-13(18)14(16,3)11-6-7-11/h10-11H,4-9H2,1-3H3,(H,15,18). The third kappa shape index (κ3) is 2.61. The van der Waals surface area contributed by atoms with Gasteiger partial charge in [-0.05, 0) is 46.0 Å². The van der Waals surface area contributed by atoms with Crippen LogP contribution in [0.25, 0.3) is 0 Å². The van der Waals surface area contributed by atoms with E-state index in [0.29, 0.717) is 25.7 Å². The number of piperazine rings is 1. The van der Waals surface area contributed by atoms with Gasteiger partial charge in [-0.1, -0.05) is 0 Å². The van der Waals surface area contributed by atoms with E-state index in [1.807, 2.05) is 13.8 Å². The zero-order valence-electron chi connectivity index (χ0n) is 12.1. The second-order valence-corrected chi connectivity index (χ2v) is 5.66. The fourth-order valence-corrected chi connectivity index (χ4v) is 2.85. The van der Waals surface area contributed by atoms with Gasteiger partial charge in [-0.25, -0.2) is 0 Å². The molecule has 2 fully saturated rings. The summed E-state index contributed by atoms with van der Waals surface area (Å²) in [6.07, 6.45) is 2.85. The van der Waals surface area contributed by atoms with Crippen LogP contribution in [0.1, 0.15) is 40.0 Å². The lowest BCUT2D eigenvalue weighted by Crippen LogP contribution is -2.70. The number of nitrogens with one attached hydrogen (secondary N) is 1. The quantitative estimate of drug-likeness (QED) is 0.729. The van der Waals surface area contributed by atoms with Gasteiger partial charge in [0.25, 0.3) is 0 Å². The van der Waals surface area contributed by atoms with Crippen LogP contribution in [0.4, 0.5) is 0 Å². The predicted molar refractivity (Wildman–Crippen MR) is 71.6 cm³/mol. The van der Waals surface area contributed by atoms with Crippen molar-refractivity contribution in [2.45, 2.75) is 51.6 Å². The van der Waals surface area contributed by atoms with Crippen LogP contribution >= 0.6 is 0 Å². The summed E-state index contributed by atoms with van der Waals surface area (Å²) < 4.78 is 5.32. The van der Waals surface area contributed by atoms with Crippen molar-refractivity contribution in [1.29, 1.82) is 0 Å². The topological polar surface area (TPSA) is 58.6 Å². The molecule has 2 amide bonds. The predicted octanol–water partition coefficient (Wildman–Crippen LogP) is 0.929. The van der Waals surface area contributed by atoms with Crippen molar-refractivity contribution in [3.8, 4) is 0 Å². The van der Waals surface area contributed by atoms with Gasteiger partial charge in [0.2, 0.25) is 11.8 Å². The number of rotatable bonds is 6. The van der Waals surface area contributed by atoms with Crippen molar-refractivity contribution in [1.82, 2.24) is 10.2 Å². The summed E-state index contributed by atoms with van der Waals surface area (Å²) in [4.78, 5) is 26.5. The molecular formula is C14H24N2O3. The fourth-order valence-electron chi connectivity index (χ4n) is 2.85. The van der Waals surface area contributed by atoms with Crippen molar-refractivity contribution in [2.24, 2.45) is 5.92 Å². The van der Waals surface area contributed by atoms with Crippen molar-refractivity contribution in [2.75, 3.05) is 19.8 Å². The molecule has 2 atom stereocenters. The van der Waals surface area contributed by atoms with E-state index in [4.69, 9.17) is 4.74 Å². The molecule has 108 valence electrons. The lowest BCUT2D eigenvalue weighted by molar-refractivity contribution is -0.157. The van der Waals surface area contributed by atoms with E-state index in [9.17, 15) is 9.59 Å². The molecule has 0 radical (unpaired) electrons. The van der Waals surface area contributed by atoms with Gasteiger partial charge in [0.05, 0.1) is 0 Å². The van der Waals surface area contributed by atoms with Gasteiger partial charge in [-0.2, -0.15) is 0 Å².